The normalized spacial score (nSPS) is 18.1. The van der Waals surface area contributed by atoms with E-state index >= 15 is 0 Å². The second-order valence-corrected chi connectivity index (χ2v) is 10.1. The van der Waals surface area contributed by atoms with Crippen molar-refractivity contribution in [2.24, 2.45) is 5.92 Å². The molecular formula is C22H27N3O5S. The highest BCUT2D eigenvalue weighted by Crippen LogP contribution is 2.39. The summed E-state index contributed by atoms with van der Waals surface area (Å²) in [7, 11) is -2.11. The van der Waals surface area contributed by atoms with Crippen molar-refractivity contribution in [2.75, 3.05) is 18.5 Å². The molecule has 1 aromatic heterocycles. The van der Waals surface area contributed by atoms with Gasteiger partial charge in [0.05, 0.1) is 17.7 Å². The van der Waals surface area contributed by atoms with Crippen molar-refractivity contribution < 1.29 is 22.4 Å². The van der Waals surface area contributed by atoms with Gasteiger partial charge >= 0.3 is 0 Å². The summed E-state index contributed by atoms with van der Waals surface area (Å²) in [5.41, 5.74) is 1.66. The molecule has 1 atom stereocenters. The van der Waals surface area contributed by atoms with E-state index in [1.54, 1.807) is 37.6 Å². The minimum Gasteiger partial charge on any atom is -0.467 e. The summed E-state index contributed by atoms with van der Waals surface area (Å²) in [6, 6.07) is 8.43. The Morgan fingerprint density at radius 1 is 1.26 bits per heavy atom. The van der Waals surface area contributed by atoms with Crippen LogP contribution in [0.5, 0.6) is 0 Å². The van der Waals surface area contributed by atoms with Gasteiger partial charge in [0, 0.05) is 37.7 Å². The summed E-state index contributed by atoms with van der Waals surface area (Å²) >= 11 is 0. The first kappa shape index (κ1) is 21.6. The Balaban J connectivity index is 1.36. The molecule has 2 aliphatic rings. The van der Waals surface area contributed by atoms with E-state index in [4.69, 9.17) is 4.42 Å². The molecule has 9 heteroatoms. The highest BCUT2D eigenvalue weighted by atomic mass is 32.2. The number of carbonyl (C=O) groups excluding carboxylic acids is 2. The Bertz CT molecular complexity index is 1080. The molecule has 2 amide bonds. The maximum atomic E-state index is 12.7. The Kier molecular flexibility index (Phi) is 5.90. The van der Waals surface area contributed by atoms with E-state index in [0.717, 1.165) is 24.1 Å². The second-order valence-electron chi connectivity index (χ2n) is 8.30. The summed E-state index contributed by atoms with van der Waals surface area (Å²) in [5.74, 6) is 0.730. The fourth-order valence-corrected chi connectivity index (χ4v) is 5.01. The molecule has 0 spiro atoms. The van der Waals surface area contributed by atoms with E-state index < -0.39 is 10.0 Å². The van der Waals surface area contributed by atoms with Crippen LogP contribution in [0.25, 0.3) is 0 Å². The number of nitrogens with one attached hydrogen (secondary N) is 1. The third kappa shape index (κ3) is 4.67. The fourth-order valence-electron chi connectivity index (χ4n) is 3.93. The lowest BCUT2D eigenvalue weighted by Crippen LogP contribution is -2.36. The van der Waals surface area contributed by atoms with Crippen molar-refractivity contribution in [3.63, 3.8) is 0 Å². The lowest BCUT2D eigenvalue weighted by molar-refractivity contribution is -0.130. The topological polar surface area (TPSA) is 99.9 Å². The molecule has 1 aromatic carbocycles. The van der Waals surface area contributed by atoms with Crippen LogP contribution >= 0.6 is 0 Å². The van der Waals surface area contributed by atoms with Crippen LogP contribution in [-0.2, 0) is 32.6 Å². The molecule has 4 rings (SSSR count). The minimum absolute atomic E-state index is 0.00341. The largest absolute Gasteiger partial charge is 0.467 e. The Morgan fingerprint density at radius 2 is 2.03 bits per heavy atom. The van der Waals surface area contributed by atoms with E-state index in [-0.39, 0.29) is 41.6 Å². The van der Waals surface area contributed by atoms with Crippen molar-refractivity contribution in [3.8, 4) is 0 Å². The van der Waals surface area contributed by atoms with Gasteiger partial charge in [0.15, 0.2) is 0 Å². The van der Waals surface area contributed by atoms with Crippen molar-refractivity contribution in [1.29, 1.82) is 0 Å². The molecule has 2 heterocycles. The molecule has 1 aliphatic carbocycles. The van der Waals surface area contributed by atoms with Crippen molar-refractivity contribution in [3.05, 3.63) is 47.9 Å². The van der Waals surface area contributed by atoms with Crippen molar-refractivity contribution in [1.82, 2.24) is 9.62 Å². The number of hydrogen-bond acceptors (Lipinski definition) is 5. The van der Waals surface area contributed by atoms with Gasteiger partial charge in [-0.1, -0.05) is 0 Å². The molecule has 8 nitrogen and oxygen atoms in total. The van der Waals surface area contributed by atoms with Crippen LogP contribution in [0, 0.1) is 5.92 Å². The molecule has 1 unspecified atom stereocenters. The standard InChI is InChI=1S/C22H27N3O5S/c1-15-12-17-13-19(7-8-20(17)25(15)22(27)16-5-6-16)31(28,29)23-10-9-21(26)24(2)14-18-4-3-11-30-18/h3-4,7-8,11,13,15-16,23H,5-6,9-10,12,14H2,1-2H3. The van der Waals surface area contributed by atoms with Gasteiger partial charge in [-0.15, -0.1) is 0 Å². The molecule has 2 aromatic rings. The number of nitrogens with zero attached hydrogens (tertiary/aromatic N) is 2. The summed E-state index contributed by atoms with van der Waals surface area (Å²) in [6.07, 6.45) is 4.09. The first-order valence-corrected chi connectivity index (χ1v) is 12.0. The second kappa shape index (κ2) is 8.47. The number of amides is 2. The van der Waals surface area contributed by atoms with Gasteiger partial charge in [-0.3, -0.25) is 9.59 Å². The van der Waals surface area contributed by atoms with Gasteiger partial charge < -0.3 is 14.2 Å². The van der Waals surface area contributed by atoms with Gasteiger partial charge in [0.25, 0.3) is 0 Å². The van der Waals surface area contributed by atoms with Crippen LogP contribution in [0.3, 0.4) is 0 Å². The molecule has 1 aliphatic heterocycles. The van der Waals surface area contributed by atoms with E-state index in [2.05, 4.69) is 4.72 Å². The average molecular weight is 446 g/mol. The fraction of sp³-hybridized carbons (Fsp3) is 0.455. The Morgan fingerprint density at radius 3 is 2.71 bits per heavy atom. The number of rotatable bonds is 8. The summed E-state index contributed by atoms with van der Waals surface area (Å²) in [6.45, 7) is 2.32. The number of sulfonamides is 1. The number of anilines is 1. The predicted octanol–water partition coefficient (Wildman–Crippen LogP) is 2.29. The summed E-state index contributed by atoms with van der Waals surface area (Å²) < 4.78 is 33.2. The first-order chi connectivity index (χ1) is 14.8. The van der Waals surface area contributed by atoms with Crippen LogP contribution in [0.15, 0.2) is 45.9 Å². The summed E-state index contributed by atoms with van der Waals surface area (Å²) in [4.78, 5) is 28.3. The van der Waals surface area contributed by atoms with Gasteiger partial charge in [0.2, 0.25) is 21.8 Å². The lowest BCUT2D eigenvalue weighted by Gasteiger charge is -2.22. The molecule has 31 heavy (non-hydrogen) atoms. The van der Waals surface area contributed by atoms with Crippen LogP contribution in [0.2, 0.25) is 0 Å². The van der Waals surface area contributed by atoms with E-state index in [1.165, 1.54) is 11.0 Å². The molecule has 166 valence electrons. The monoisotopic (exact) mass is 445 g/mol. The zero-order valence-corrected chi connectivity index (χ0v) is 18.5. The summed E-state index contributed by atoms with van der Waals surface area (Å²) in [5, 5.41) is 0. The number of fused-ring (bicyclic) bond motifs is 1. The molecule has 1 saturated carbocycles. The molecular weight excluding hydrogens is 418 g/mol. The minimum atomic E-state index is -3.76. The quantitative estimate of drug-likeness (QED) is 0.672. The zero-order valence-electron chi connectivity index (χ0n) is 17.7. The van der Waals surface area contributed by atoms with E-state index in [9.17, 15) is 18.0 Å². The Labute approximate surface area is 182 Å². The van der Waals surface area contributed by atoms with Crippen molar-refractivity contribution >= 4 is 27.5 Å². The number of furan rings is 1. The van der Waals surface area contributed by atoms with Gasteiger partial charge in [-0.25, -0.2) is 13.1 Å². The third-order valence-corrected chi connectivity index (χ3v) is 7.23. The SMILES string of the molecule is CC1Cc2cc(S(=O)(=O)NCCC(=O)N(C)Cc3ccco3)ccc2N1C(=O)C1CC1. The molecule has 1 N–H and O–H groups in total. The highest BCUT2D eigenvalue weighted by Gasteiger charge is 2.39. The molecule has 0 saturated heterocycles. The van der Waals surface area contributed by atoms with Crippen LogP contribution in [0.4, 0.5) is 5.69 Å². The van der Waals surface area contributed by atoms with Crippen LogP contribution in [-0.4, -0.2) is 44.8 Å². The number of hydrogen-bond donors (Lipinski definition) is 1. The van der Waals surface area contributed by atoms with Crippen molar-refractivity contribution in [2.45, 2.75) is 50.1 Å². The number of carbonyl (C=O) groups is 2. The Hall–Kier alpha value is -2.65. The van der Waals surface area contributed by atoms with E-state index in [0.29, 0.717) is 18.7 Å². The maximum absolute atomic E-state index is 12.7. The van der Waals surface area contributed by atoms with Gasteiger partial charge in [-0.05, 0) is 62.1 Å². The smallest absolute Gasteiger partial charge is 0.240 e. The molecule has 0 bridgehead atoms. The molecule has 1 fully saturated rings. The lowest BCUT2D eigenvalue weighted by atomic mass is 10.1. The first-order valence-electron chi connectivity index (χ1n) is 10.5. The predicted molar refractivity (Wildman–Crippen MR) is 115 cm³/mol. The van der Waals surface area contributed by atoms with Crippen LogP contribution < -0.4 is 9.62 Å². The maximum Gasteiger partial charge on any atom is 0.240 e. The van der Waals surface area contributed by atoms with E-state index in [1.807, 2.05) is 11.8 Å². The van der Waals surface area contributed by atoms with Gasteiger partial charge in [0.1, 0.15) is 5.76 Å². The highest BCUT2D eigenvalue weighted by molar-refractivity contribution is 7.89. The van der Waals surface area contributed by atoms with Gasteiger partial charge in [-0.2, -0.15) is 0 Å². The van der Waals surface area contributed by atoms with Crippen LogP contribution in [0.1, 0.15) is 37.5 Å². The zero-order chi connectivity index (χ0) is 22.2. The molecule has 0 radical (unpaired) electrons. The average Bonchev–Trinajstić information content (AvgIpc) is 3.35. The third-order valence-electron chi connectivity index (χ3n) is 5.77. The number of benzene rings is 1.